The molecule has 0 aliphatic heterocycles. The van der Waals surface area contributed by atoms with Gasteiger partial charge in [-0.1, -0.05) is 39.2 Å². The lowest BCUT2D eigenvalue weighted by Gasteiger charge is -2.28. The summed E-state index contributed by atoms with van der Waals surface area (Å²) < 4.78 is 0. The molecule has 80 valence electrons. The Hall–Kier alpha value is -0.590. The molecular weight excluding hydrogens is 172 g/mol. The largest absolute Gasteiger partial charge is 0.295 e. The van der Waals surface area contributed by atoms with E-state index in [9.17, 15) is 4.79 Å². The highest BCUT2D eigenvalue weighted by molar-refractivity contribution is 5.91. The van der Waals surface area contributed by atoms with Crippen LogP contribution in [0.15, 0.2) is 11.6 Å². The highest BCUT2D eigenvalue weighted by Gasteiger charge is 2.26. The minimum absolute atomic E-state index is 0.202. The van der Waals surface area contributed by atoms with Crippen molar-refractivity contribution in [3.63, 3.8) is 0 Å². The van der Waals surface area contributed by atoms with Gasteiger partial charge in [0.25, 0.3) is 0 Å². The maximum absolute atomic E-state index is 11.4. The van der Waals surface area contributed by atoms with E-state index in [1.165, 1.54) is 24.8 Å². The first-order valence-corrected chi connectivity index (χ1v) is 5.76. The van der Waals surface area contributed by atoms with E-state index < -0.39 is 0 Å². The minimum Gasteiger partial charge on any atom is -0.295 e. The molecule has 0 aromatic heterocycles. The van der Waals surface area contributed by atoms with Crippen molar-refractivity contribution in [1.29, 1.82) is 0 Å². The van der Waals surface area contributed by atoms with Gasteiger partial charge >= 0.3 is 0 Å². The van der Waals surface area contributed by atoms with Crippen molar-refractivity contribution in [3.8, 4) is 0 Å². The van der Waals surface area contributed by atoms with Crippen LogP contribution in [0.5, 0.6) is 0 Å². The van der Waals surface area contributed by atoms with E-state index in [0.29, 0.717) is 5.78 Å². The van der Waals surface area contributed by atoms with Crippen LogP contribution in [0, 0.1) is 5.41 Å². The summed E-state index contributed by atoms with van der Waals surface area (Å²) in [5, 5.41) is 0. The molecule has 0 bridgehead atoms. The minimum atomic E-state index is 0.202. The van der Waals surface area contributed by atoms with Gasteiger partial charge in [0.1, 0.15) is 0 Å². The molecule has 0 saturated carbocycles. The molecule has 0 aromatic rings. The standard InChI is InChI=1S/C13H22O/c1-4-5-6-7-11-8-12(14)10-13(2,3)9-11/h8H,4-7,9-10H2,1-3H3. The lowest BCUT2D eigenvalue weighted by molar-refractivity contribution is -0.117. The van der Waals surface area contributed by atoms with E-state index in [4.69, 9.17) is 0 Å². The van der Waals surface area contributed by atoms with Gasteiger partial charge in [0.15, 0.2) is 5.78 Å². The van der Waals surface area contributed by atoms with E-state index in [-0.39, 0.29) is 5.41 Å². The van der Waals surface area contributed by atoms with Crippen LogP contribution < -0.4 is 0 Å². The SMILES string of the molecule is CCCCCC1=CC(=O)CC(C)(C)C1. The fourth-order valence-electron chi connectivity index (χ4n) is 2.24. The van der Waals surface area contributed by atoms with Crippen molar-refractivity contribution in [1.82, 2.24) is 0 Å². The van der Waals surface area contributed by atoms with Gasteiger partial charge in [-0.05, 0) is 30.8 Å². The average molecular weight is 194 g/mol. The second kappa shape index (κ2) is 4.77. The van der Waals surface area contributed by atoms with E-state index in [0.717, 1.165) is 19.3 Å². The lowest BCUT2D eigenvalue weighted by atomic mass is 9.76. The van der Waals surface area contributed by atoms with Crippen LogP contribution >= 0.6 is 0 Å². The number of hydrogen-bond donors (Lipinski definition) is 0. The molecule has 14 heavy (non-hydrogen) atoms. The average Bonchev–Trinajstić information content (AvgIpc) is 2.00. The molecule has 0 atom stereocenters. The summed E-state index contributed by atoms with van der Waals surface area (Å²) in [6.45, 7) is 6.60. The van der Waals surface area contributed by atoms with Gasteiger partial charge in [-0.25, -0.2) is 0 Å². The van der Waals surface area contributed by atoms with E-state index in [2.05, 4.69) is 20.8 Å². The molecule has 0 saturated heterocycles. The van der Waals surface area contributed by atoms with Crippen molar-refractivity contribution in [3.05, 3.63) is 11.6 Å². The van der Waals surface area contributed by atoms with Crippen molar-refractivity contribution in [2.75, 3.05) is 0 Å². The van der Waals surface area contributed by atoms with Gasteiger partial charge in [0.05, 0.1) is 0 Å². The number of unbranched alkanes of at least 4 members (excludes halogenated alkanes) is 2. The summed E-state index contributed by atoms with van der Waals surface area (Å²) in [5.41, 5.74) is 1.58. The second-order valence-electron chi connectivity index (χ2n) is 5.24. The molecule has 1 nitrogen and oxygen atoms in total. The third-order valence-electron chi connectivity index (χ3n) is 2.82. The third kappa shape index (κ3) is 3.65. The zero-order valence-corrected chi connectivity index (χ0v) is 9.73. The van der Waals surface area contributed by atoms with Crippen LogP contribution in [0.2, 0.25) is 0 Å². The molecule has 0 aromatic carbocycles. The number of carbonyl (C=O) groups excluding carboxylic acids is 1. The molecule has 0 radical (unpaired) electrons. The summed E-state index contributed by atoms with van der Waals surface area (Å²) in [5.74, 6) is 0.327. The summed E-state index contributed by atoms with van der Waals surface area (Å²) in [4.78, 5) is 11.4. The molecule has 1 aliphatic rings. The molecule has 0 spiro atoms. The highest BCUT2D eigenvalue weighted by Crippen LogP contribution is 2.35. The first-order chi connectivity index (χ1) is 6.53. The van der Waals surface area contributed by atoms with Gasteiger partial charge < -0.3 is 0 Å². The predicted molar refractivity (Wildman–Crippen MR) is 60.2 cm³/mol. The molecule has 1 rings (SSSR count). The Labute approximate surface area is 87.6 Å². The van der Waals surface area contributed by atoms with Crippen LogP contribution in [0.4, 0.5) is 0 Å². The number of ketones is 1. The first kappa shape index (κ1) is 11.5. The van der Waals surface area contributed by atoms with Crippen molar-refractivity contribution in [2.45, 2.75) is 59.3 Å². The Morgan fingerprint density at radius 1 is 1.29 bits per heavy atom. The predicted octanol–water partition coefficient (Wildman–Crippen LogP) is 3.88. The third-order valence-corrected chi connectivity index (χ3v) is 2.82. The summed E-state index contributed by atoms with van der Waals surface area (Å²) >= 11 is 0. The Kier molecular flexibility index (Phi) is 3.91. The Bertz CT molecular complexity index is 236. The van der Waals surface area contributed by atoms with Crippen LogP contribution in [-0.2, 0) is 4.79 Å². The summed E-state index contributed by atoms with van der Waals surface area (Å²) in [6, 6.07) is 0. The molecule has 1 heteroatoms. The Balaban J connectivity index is 2.48. The summed E-state index contributed by atoms with van der Waals surface area (Å²) in [6.07, 6.45) is 8.64. The smallest absolute Gasteiger partial charge is 0.156 e. The number of allylic oxidation sites excluding steroid dienone is 2. The maximum Gasteiger partial charge on any atom is 0.156 e. The van der Waals surface area contributed by atoms with Crippen molar-refractivity contribution >= 4 is 5.78 Å². The van der Waals surface area contributed by atoms with Gasteiger partial charge in [-0.15, -0.1) is 0 Å². The van der Waals surface area contributed by atoms with Gasteiger partial charge in [0.2, 0.25) is 0 Å². The van der Waals surface area contributed by atoms with Gasteiger partial charge in [0, 0.05) is 6.42 Å². The molecule has 1 aliphatic carbocycles. The van der Waals surface area contributed by atoms with E-state index in [1.807, 2.05) is 6.08 Å². The molecule has 0 amide bonds. The van der Waals surface area contributed by atoms with E-state index in [1.54, 1.807) is 0 Å². The van der Waals surface area contributed by atoms with Gasteiger partial charge in [-0.3, -0.25) is 4.79 Å². The molecule has 0 unspecified atom stereocenters. The van der Waals surface area contributed by atoms with Crippen molar-refractivity contribution in [2.24, 2.45) is 5.41 Å². The lowest BCUT2D eigenvalue weighted by Crippen LogP contribution is -2.21. The monoisotopic (exact) mass is 194 g/mol. The molecule has 0 heterocycles. The number of rotatable bonds is 4. The quantitative estimate of drug-likeness (QED) is 0.621. The van der Waals surface area contributed by atoms with Crippen LogP contribution in [0.1, 0.15) is 59.3 Å². The molecular formula is C13H22O. The zero-order chi connectivity index (χ0) is 10.6. The highest BCUT2D eigenvalue weighted by atomic mass is 16.1. The fraction of sp³-hybridized carbons (Fsp3) is 0.769. The summed E-state index contributed by atoms with van der Waals surface area (Å²) in [7, 11) is 0. The Morgan fingerprint density at radius 2 is 2.00 bits per heavy atom. The maximum atomic E-state index is 11.4. The molecule has 0 N–H and O–H groups in total. The van der Waals surface area contributed by atoms with Crippen LogP contribution in [0.25, 0.3) is 0 Å². The topological polar surface area (TPSA) is 17.1 Å². The number of hydrogen-bond acceptors (Lipinski definition) is 1. The normalized spacial score (nSPS) is 20.8. The Morgan fingerprint density at radius 3 is 2.57 bits per heavy atom. The fourth-order valence-corrected chi connectivity index (χ4v) is 2.24. The first-order valence-electron chi connectivity index (χ1n) is 5.76. The number of carbonyl (C=O) groups is 1. The second-order valence-corrected chi connectivity index (χ2v) is 5.24. The van der Waals surface area contributed by atoms with Gasteiger partial charge in [-0.2, -0.15) is 0 Å². The van der Waals surface area contributed by atoms with Crippen LogP contribution in [-0.4, -0.2) is 5.78 Å². The molecule has 0 fully saturated rings. The van der Waals surface area contributed by atoms with E-state index >= 15 is 0 Å². The zero-order valence-electron chi connectivity index (χ0n) is 9.73. The van der Waals surface area contributed by atoms with Crippen LogP contribution in [0.3, 0.4) is 0 Å². The van der Waals surface area contributed by atoms with Crippen molar-refractivity contribution < 1.29 is 4.79 Å².